The summed E-state index contributed by atoms with van der Waals surface area (Å²) in [5.74, 6) is 0.172. The van der Waals surface area contributed by atoms with Crippen molar-refractivity contribution in [3.63, 3.8) is 0 Å². The Kier molecular flexibility index (Phi) is 4.29. The van der Waals surface area contributed by atoms with Crippen molar-refractivity contribution in [2.45, 2.75) is 11.8 Å². The molecule has 0 bridgehead atoms. The third-order valence-electron chi connectivity index (χ3n) is 2.84. The van der Waals surface area contributed by atoms with E-state index in [1.165, 1.54) is 25.3 Å². The molecule has 0 radical (unpaired) electrons. The van der Waals surface area contributed by atoms with Gasteiger partial charge >= 0.3 is 0 Å². The quantitative estimate of drug-likeness (QED) is 0.846. The summed E-state index contributed by atoms with van der Waals surface area (Å²) in [5.41, 5.74) is 7.25. The Bertz CT molecular complexity index is 776. The van der Waals surface area contributed by atoms with E-state index in [0.29, 0.717) is 16.4 Å². The Morgan fingerprint density at radius 3 is 2.57 bits per heavy atom. The molecule has 0 aromatic heterocycles. The fraction of sp³-hybridized carbons (Fsp3) is 0.143. The molecule has 7 heteroatoms. The maximum atomic E-state index is 12.5. The lowest BCUT2D eigenvalue weighted by molar-refractivity contribution is 0.403. The highest BCUT2D eigenvalue weighted by Crippen LogP contribution is 2.30. The summed E-state index contributed by atoms with van der Waals surface area (Å²) < 4.78 is 32.5. The van der Waals surface area contributed by atoms with Crippen LogP contribution < -0.4 is 15.2 Å². The topological polar surface area (TPSA) is 81.4 Å². The molecule has 0 aliphatic carbocycles. The number of halogens is 1. The van der Waals surface area contributed by atoms with Gasteiger partial charge in [0.25, 0.3) is 10.0 Å². The summed E-state index contributed by atoms with van der Waals surface area (Å²) in [5, 5.41) is 0.318. The van der Waals surface area contributed by atoms with Crippen molar-refractivity contribution in [3.05, 3.63) is 47.0 Å². The molecule has 0 amide bonds. The van der Waals surface area contributed by atoms with Crippen LogP contribution in [0.15, 0.2) is 41.3 Å². The van der Waals surface area contributed by atoms with E-state index < -0.39 is 10.0 Å². The average molecular weight is 327 g/mol. The first-order valence-electron chi connectivity index (χ1n) is 6.06. The number of rotatable bonds is 4. The van der Waals surface area contributed by atoms with E-state index in [1.807, 2.05) is 6.92 Å². The SMILES string of the molecule is COc1cc(N)ccc1S(=O)(=O)Nc1cc(C)ccc1Cl. The van der Waals surface area contributed by atoms with Crippen LogP contribution in [-0.2, 0) is 10.0 Å². The number of ether oxygens (including phenoxy) is 1. The number of hydrogen-bond donors (Lipinski definition) is 2. The van der Waals surface area contributed by atoms with Gasteiger partial charge in [0.2, 0.25) is 0 Å². The predicted octanol–water partition coefficient (Wildman–Crippen LogP) is 3.04. The molecular weight excluding hydrogens is 312 g/mol. The molecule has 5 nitrogen and oxygen atoms in total. The van der Waals surface area contributed by atoms with Crippen LogP contribution in [-0.4, -0.2) is 15.5 Å². The molecule has 2 rings (SSSR count). The molecule has 0 spiro atoms. The molecule has 21 heavy (non-hydrogen) atoms. The molecule has 2 aromatic rings. The molecule has 112 valence electrons. The van der Waals surface area contributed by atoms with Crippen molar-refractivity contribution >= 4 is 33.0 Å². The van der Waals surface area contributed by atoms with Crippen molar-refractivity contribution in [2.24, 2.45) is 0 Å². The van der Waals surface area contributed by atoms with Crippen LogP contribution in [0.4, 0.5) is 11.4 Å². The molecule has 0 unspecified atom stereocenters. The molecule has 0 atom stereocenters. The average Bonchev–Trinajstić information content (AvgIpc) is 2.42. The highest BCUT2D eigenvalue weighted by atomic mass is 35.5. The zero-order chi connectivity index (χ0) is 15.6. The summed E-state index contributed by atoms with van der Waals surface area (Å²) in [6, 6.07) is 9.42. The number of nitrogens with two attached hydrogens (primary N) is 1. The van der Waals surface area contributed by atoms with Crippen LogP contribution in [0.2, 0.25) is 5.02 Å². The number of methoxy groups -OCH3 is 1. The van der Waals surface area contributed by atoms with Crippen molar-refractivity contribution in [3.8, 4) is 5.75 Å². The van der Waals surface area contributed by atoms with Gasteiger partial charge in [-0.15, -0.1) is 0 Å². The Morgan fingerprint density at radius 1 is 1.19 bits per heavy atom. The molecule has 2 aromatic carbocycles. The van der Waals surface area contributed by atoms with Crippen LogP contribution in [0.25, 0.3) is 0 Å². The van der Waals surface area contributed by atoms with Crippen molar-refractivity contribution < 1.29 is 13.2 Å². The van der Waals surface area contributed by atoms with E-state index in [-0.39, 0.29) is 10.6 Å². The van der Waals surface area contributed by atoms with Crippen molar-refractivity contribution in [1.29, 1.82) is 0 Å². The molecule has 0 aliphatic heterocycles. The van der Waals surface area contributed by atoms with Crippen LogP contribution in [0, 0.1) is 6.92 Å². The molecule has 3 N–H and O–H groups in total. The van der Waals surface area contributed by atoms with E-state index in [0.717, 1.165) is 5.56 Å². The largest absolute Gasteiger partial charge is 0.495 e. The van der Waals surface area contributed by atoms with Gasteiger partial charge in [-0.05, 0) is 36.8 Å². The fourth-order valence-corrected chi connectivity index (χ4v) is 3.27. The second kappa shape index (κ2) is 5.83. The normalized spacial score (nSPS) is 11.2. The van der Waals surface area contributed by atoms with Gasteiger partial charge in [-0.1, -0.05) is 17.7 Å². The van der Waals surface area contributed by atoms with E-state index in [9.17, 15) is 8.42 Å². The Hall–Kier alpha value is -1.92. The van der Waals surface area contributed by atoms with E-state index in [2.05, 4.69) is 4.72 Å². The minimum Gasteiger partial charge on any atom is -0.495 e. The lowest BCUT2D eigenvalue weighted by atomic mass is 10.2. The first-order valence-corrected chi connectivity index (χ1v) is 7.92. The van der Waals surface area contributed by atoms with E-state index in [4.69, 9.17) is 22.1 Å². The number of aryl methyl sites for hydroxylation is 1. The first-order chi connectivity index (χ1) is 9.83. The zero-order valence-electron chi connectivity index (χ0n) is 11.6. The van der Waals surface area contributed by atoms with Crippen LogP contribution in [0.3, 0.4) is 0 Å². The predicted molar refractivity (Wildman–Crippen MR) is 84.4 cm³/mol. The standard InChI is InChI=1S/C14H15ClN2O3S/c1-9-3-5-11(15)12(7-9)17-21(18,19)14-6-4-10(16)8-13(14)20-2/h3-8,17H,16H2,1-2H3. The summed E-state index contributed by atoms with van der Waals surface area (Å²) in [6.45, 7) is 1.85. The lowest BCUT2D eigenvalue weighted by Crippen LogP contribution is -2.14. The minimum atomic E-state index is -3.83. The highest BCUT2D eigenvalue weighted by Gasteiger charge is 2.20. The van der Waals surface area contributed by atoms with Gasteiger partial charge in [-0.3, -0.25) is 4.72 Å². The van der Waals surface area contributed by atoms with Gasteiger partial charge in [0, 0.05) is 11.8 Å². The molecule has 0 saturated heterocycles. The number of benzene rings is 2. The minimum absolute atomic E-state index is 0.00299. The Balaban J connectivity index is 2.46. The Morgan fingerprint density at radius 2 is 1.90 bits per heavy atom. The zero-order valence-corrected chi connectivity index (χ0v) is 13.1. The smallest absolute Gasteiger partial charge is 0.265 e. The maximum Gasteiger partial charge on any atom is 0.265 e. The summed E-state index contributed by atoms with van der Waals surface area (Å²) in [6.07, 6.45) is 0. The molecule has 0 saturated carbocycles. The van der Waals surface area contributed by atoms with Gasteiger partial charge in [-0.2, -0.15) is 0 Å². The maximum absolute atomic E-state index is 12.5. The third kappa shape index (κ3) is 3.40. The van der Waals surface area contributed by atoms with Gasteiger partial charge < -0.3 is 10.5 Å². The highest BCUT2D eigenvalue weighted by molar-refractivity contribution is 7.92. The van der Waals surface area contributed by atoms with Crippen LogP contribution in [0.1, 0.15) is 5.56 Å². The summed E-state index contributed by atoms with van der Waals surface area (Å²) in [7, 11) is -2.44. The van der Waals surface area contributed by atoms with Crippen LogP contribution >= 0.6 is 11.6 Å². The number of anilines is 2. The van der Waals surface area contributed by atoms with Gasteiger partial charge in [-0.25, -0.2) is 8.42 Å². The number of nitrogen functional groups attached to an aromatic ring is 1. The molecule has 0 heterocycles. The lowest BCUT2D eigenvalue weighted by Gasteiger charge is -2.13. The third-order valence-corrected chi connectivity index (χ3v) is 4.58. The molecule has 0 aliphatic rings. The van der Waals surface area contributed by atoms with Gasteiger partial charge in [0.15, 0.2) is 0 Å². The summed E-state index contributed by atoms with van der Waals surface area (Å²) in [4.78, 5) is -0.00299. The monoisotopic (exact) mass is 326 g/mol. The fourth-order valence-electron chi connectivity index (χ4n) is 1.82. The molecule has 0 fully saturated rings. The van der Waals surface area contributed by atoms with Crippen molar-refractivity contribution in [1.82, 2.24) is 0 Å². The van der Waals surface area contributed by atoms with Gasteiger partial charge in [0.05, 0.1) is 17.8 Å². The van der Waals surface area contributed by atoms with E-state index in [1.54, 1.807) is 18.2 Å². The second-order valence-corrected chi connectivity index (χ2v) is 6.56. The number of sulfonamides is 1. The number of hydrogen-bond acceptors (Lipinski definition) is 4. The summed E-state index contributed by atoms with van der Waals surface area (Å²) >= 11 is 6.01. The van der Waals surface area contributed by atoms with Gasteiger partial charge in [0.1, 0.15) is 10.6 Å². The van der Waals surface area contributed by atoms with E-state index >= 15 is 0 Å². The first kappa shape index (κ1) is 15.5. The second-order valence-electron chi connectivity index (χ2n) is 4.50. The van der Waals surface area contributed by atoms with Crippen molar-refractivity contribution in [2.75, 3.05) is 17.6 Å². The molecular formula is C14H15ClN2O3S. The number of nitrogens with one attached hydrogen (secondary N) is 1. The Labute approximate surface area is 128 Å². The van der Waals surface area contributed by atoms with Crippen LogP contribution in [0.5, 0.6) is 5.75 Å².